The van der Waals surface area contributed by atoms with Gasteiger partial charge in [-0.3, -0.25) is 10.1 Å². The number of aromatic nitrogens is 2. The maximum Gasteiger partial charge on any atom is 0.337 e. The van der Waals surface area contributed by atoms with Crippen molar-refractivity contribution in [3.8, 4) is 0 Å². The van der Waals surface area contributed by atoms with Gasteiger partial charge in [0.1, 0.15) is 11.5 Å². The largest absolute Gasteiger partial charge is 0.465 e. The van der Waals surface area contributed by atoms with E-state index in [0.29, 0.717) is 5.82 Å². The number of nitrogens with zero attached hydrogens (tertiary/aromatic N) is 2. The van der Waals surface area contributed by atoms with E-state index in [9.17, 15) is 14.9 Å². The molecule has 0 saturated carbocycles. The molecule has 0 aliphatic carbocycles. The Bertz CT molecular complexity index is 886. The molecule has 8 heteroatoms. The van der Waals surface area contributed by atoms with Crippen LogP contribution < -0.4 is 5.32 Å². The number of ether oxygens (including phenoxy) is 1. The van der Waals surface area contributed by atoms with Crippen molar-refractivity contribution in [3.05, 3.63) is 64.0 Å². The number of benzene rings is 2. The van der Waals surface area contributed by atoms with Crippen molar-refractivity contribution >= 4 is 28.4 Å². The zero-order valence-electron chi connectivity index (χ0n) is 12.8. The van der Waals surface area contributed by atoms with Gasteiger partial charge < -0.3 is 15.0 Å². The van der Waals surface area contributed by atoms with E-state index < -0.39 is 10.9 Å². The van der Waals surface area contributed by atoms with Gasteiger partial charge in [-0.15, -0.1) is 0 Å². The van der Waals surface area contributed by atoms with Crippen LogP contribution in [0.1, 0.15) is 16.2 Å². The SMILES string of the molecule is COC(=O)c1ccc([N+](=O)[O-])c(NCc2nc3ccccc3[nH]2)c1. The van der Waals surface area contributed by atoms with E-state index in [2.05, 4.69) is 20.0 Å². The van der Waals surface area contributed by atoms with Crippen LogP contribution in [0.25, 0.3) is 11.0 Å². The van der Waals surface area contributed by atoms with Crippen LogP contribution in [-0.4, -0.2) is 28.0 Å². The van der Waals surface area contributed by atoms with E-state index in [1.165, 1.54) is 25.3 Å². The number of anilines is 1. The first-order valence-corrected chi connectivity index (χ1v) is 7.12. The molecule has 0 bridgehead atoms. The van der Waals surface area contributed by atoms with Crippen molar-refractivity contribution in [2.45, 2.75) is 6.54 Å². The van der Waals surface area contributed by atoms with Crippen molar-refractivity contribution in [2.24, 2.45) is 0 Å². The van der Waals surface area contributed by atoms with Gasteiger partial charge in [0.15, 0.2) is 0 Å². The Kier molecular flexibility index (Phi) is 4.11. The van der Waals surface area contributed by atoms with Crippen LogP contribution in [0.2, 0.25) is 0 Å². The summed E-state index contributed by atoms with van der Waals surface area (Å²) in [6.45, 7) is 0.250. The van der Waals surface area contributed by atoms with Gasteiger partial charge in [0.25, 0.3) is 5.69 Å². The van der Waals surface area contributed by atoms with Gasteiger partial charge in [0.2, 0.25) is 0 Å². The fourth-order valence-corrected chi connectivity index (χ4v) is 2.35. The molecule has 3 rings (SSSR count). The first-order valence-electron chi connectivity index (χ1n) is 7.12. The number of methoxy groups -OCH3 is 1. The molecule has 0 spiro atoms. The van der Waals surface area contributed by atoms with Gasteiger partial charge in [0.05, 0.1) is 35.2 Å². The molecule has 3 aromatic rings. The van der Waals surface area contributed by atoms with Crippen molar-refractivity contribution in [3.63, 3.8) is 0 Å². The first-order chi connectivity index (χ1) is 11.6. The van der Waals surface area contributed by atoms with Crippen LogP contribution in [0, 0.1) is 10.1 Å². The fourth-order valence-electron chi connectivity index (χ4n) is 2.35. The maximum atomic E-state index is 11.6. The van der Waals surface area contributed by atoms with Crippen LogP contribution in [0.15, 0.2) is 42.5 Å². The van der Waals surface area contributed by atoms with Crippen molar-refractivity contribution in [1.82, 2.24) is 9.97 Å². The summed E-state index contributed by atoms with van der Waals surface area (Å²) in [4.78, 5) is 29.8. The predicted molar refractivity (Wildman–Crippen MR) is 87.9 cm³/mol. The average Bonchev–Trinajstić information content (AvgIpc) is 3.01. The van der Waals surface area contributed by atoms with Crippen molar-refractivity contribution in [2.75, 3.05) is 12.4 Å². The molecule has 0 amide bonds. The van der Waals surface area contributed by atoms with E-state index >= 15 is 0 Å². The summed E-state index contributed by atoms with van der Waals surface area (Å²) >= 11 is 0. The lowest BCUT2D eigenvalue weighted by atomic mass is 10.1. The van der Waals surface area contributed by atoms with Gasteiger partial charge >= 0.3 is 5.97 Å². The van der Waals surface area contributed by atoms with E-state index in [-0.39, 0.29) is 23.5 Å². The molecule has 0 saturated heterocycles. The third-order valence-corrected chi connectivity index (χ3v) is 3.50. The number of carbonyl (C=O) groups excluding carboxylic acids is 1. The second-order valence-corrected chi connectivity index (χ2v) is 5.03. The third kappa shape index (κ3) is 3.02. The topological polar surface area (TPSA) is 110 Å². The van der Waals surface area contributed by atoms with Crippen LogP contribution >= 0.6 is 0 Å². The summed E-state index contributed by atoms with van der Waals surface area (Å²) in [7, 11) is 1.26. The summed E-state index contributed by atoms with van der Waals surface area (Å²) in [6, 6.07) is 11.6. The normalized spacial score (nSPS) is 10.5. The standard InChI is InChI=1S/C16H14N4O4/c1-24-16(21)10-6-7-14(20(22)23)13(8-10)17-9-15-18-11-4-2-3-5-12(11)19-15/h2-8,17H,9H2,1H3,(H,18,19). The summed E-state index contributed by atoms with van der Waals surface area (Å²) in [5.41, 5.74) is 2.02. The Morgan fingerprint density at radius 3 is 2.83 bits per heavy atom. The second kappa shape index (κ2) is 6.37. The van der Waals surface area contributed by atoms with Gasteiger partial charge in [-0.2, -0.15) is 0 Å². The van der Waals surface area contributed by atoms with E-state index in [1.807, 2.05) is 24.3 Å². The predicted octanol–water partition coefficient (Wildman–Crippen LogP) is 2.87. The van der Waals surface area contributed by atoms with Crippen LogP contribution in [-0.2, 0) is 11.3 Å². The molecular formula is C16H14N4O4. The highest BCUT2D eigenvalue weighted by Gasteiger charge is 2.17. The second-order valence-electron chi connectivity index (χ2n) is 5.03. The lowest BCUT2D eigenvalue weighted by molar-refractivity contribution is -0.384. The highest BCUT2D eigenvalue weighted by atomic mass is 16.6. The molecule has 0 atom stereocenters. The number of esters is 1. The Balaban J connectivity index is 1.87. The molecule has 0 radical (unpaired) electrons. The number of hydrogen-bond acceptors (Lipinski definition) is 6. The Morgan fingerprint density at radius 2 is 2.12 bits per heavy atom. The monoisotopic (exact) mass is 326 g/mol. The Morgan fingerprint density at radius 1 is 1.33 bits per heavy atom. The molecule has 0 aliphatic heterocycles. The van der Waals surface area contributed by atoms with Gasteiger partial charge in [0, 0.05) is 6.07 Å². The molecule has 24 heavy (non-hydrogen) atoms. The van der Waals surface area contributed by atoms with E-state index in [4.69, 9.17) is 0 Å². The molecule has 0 aliphatic rings. The number of nitrogens with one attached hydrogen (secondary N) is 2. The van der Waals surface area contributed by atoms with E-state index in [1.54, 1.807) is 0 Å². The highest BCUT2D eigenvalue weighted by Crippen LogP contribution is 2.26. The van der Waals surface area contributed by atoms with Crippen molar-refractivity contribution in [1.29, 1.82) is 0 Å². The average molecular weight is 326 g/mol. The molecule has 0 unspecified atom stereocenters. The number of nitro groups is 1. The molecule has 8 nitrogen and oxygen atoms in total. The smallest absolute Gasteiger partial charge is 0.337 e. The van der Waals surface area contributed by atoms with Gasteiger partial charge in [-0.25, -0.2) is 9.78 Å². The minimum atomic E-state index is -0.559. The number of imidazole rings is 1. The van der Waals surface area contributed by atoms with Crippen LogP contribution in [0.3, 0.4) is 0 Å². The number of rotatable bonds is 5. The number of H-pyrrole nitrogens is 1. The molecule has 0 fully saturated rings. The summed E-state index contributed by atoms with van der Waals surface area (Å²) < 4.78 is 4.64. The van der Waals surface area contributed by atoms with Gasteiger partial charge in [-0.1, -0.05) is 12.1 Å². The molecular weight excluding hydrogens is 312 g/mol. The highest BCUT2D eigenvalue weighted by molar-refractivity contribution is 5.91. The molecule has 2 aromatic carbocycles. The van der Waals surface area contributed by atoms with E-state index in [0.717, 1.165) is 11.0 Å². The summed E-state index contributed by atoms with van der Waals surface area (Å²) in [6.07, 6.45) is 0. The molecule has 2 N–H and O–H groups in total. The fraction of sp³-hybridized carbons (Fsp3) is 0.125. The minimum absolute atomic E-state index is 0.126. The summed E-state index contributed by atoms with van der Waals surface area (Å²) in [5.74, 6) is 0.0747. The number of fused-ring (bicyclic) bond motifs is 1. The quantitative estimate of drug-likeness (QED) is 0.424. The van der Waals surface area contributed by atoms with Gasteiger partial charge in [-0.05, 0) is 24.3 Å². The summed E-state index contributed by atoms with van der Waals surface area (Å²) in [5, 5.41) is 14.1. The Hall–Kier alpha value is -3.42. The minimum Gasteiger partial charge on any atom is -0.465 e. The number of nitro benzene ring substituents is 1. The Labute approximate surface area is 136 Å². The van der Waals surface area contributed by atoms with Crippen LogP contribution in [0.4, 0.5) is 11.4 Å². The lowest BCUT2D eigenvalue weighted by Crippen LogP contribution is -2.07. The number of carbonyl (C=O) groups is 1. The lowest BCUT2D eigenvalue weighted by Gasteiger charge is -2.07. The first kappa shape index (κ1) is 15.5. The van der Waals surface area contributed by atoms with Crippen LogP contribution in [0.5, 0.6) is 0 Å². The van der Waals surface area contributed by atoms with Crippen molar-refractivity contribution < 1.29 is 14.5 Å². The third-order valence-electron chi connectivity index (χ3n) is 3.50. The zero-order valence-corrected chi connectivity index (χ0v) is 12.8. The number of hydrogen-bond donors (Lipinski definition) is 2. The maximum absolute atomic E-state index is 11.6. The zero-order chi connectivity index (χ0) is 17.1. The molecule has 122 valence electrons. The molecule has 1 heterocycles. The molecule has 1 aromatic heterocycles. The number of para-hydroxylation sites is 2. The number of aromatic amines is 1.